The number of hydrogen-bond acceptors (Lipinski definition) is 5. The first-order valence-electron chi connectivity index (χ1n) is 10.9. The Morgan fingerprint density at radius 3 is 2.24 bits per heavy atom. The second-order valence-electron chi connectivity index (χ2n) is 7.62. The number of benzene rings is 3. The quantitative estimate of drug-likeness (QED) is 0.317. The summed E-state index contributed by atoms with van der Waals surface area (Å²) in [5.74, 6) is 2.34. The van der Waals surface area contributed by atoms with Crippen molar-refractivity contribution >= 4 is 22.7 Å². The van der Waals surface area contributed by atoms with Crippen LogP contribution >= 0.6 is 0 Å². The van der Waals surface area contributed by atoms with Crippen molar-refractivity contribution in [3.05, 3.63) is 84.6 Å². The molecule has 0 aliphatic rings. The molecule has 3 aromatic carbocycles. The molecule has 0 bridgehead atoms. The minimum absolute atomic E-state index is 0.294. The molecule has 34 heavy (non-hydrogen) atoms. The van der Waals surface area contributed by atoms with Gasteiger partial charge >= 0.3 is 6.09 Å². The summed E-state index contributed by atoms with van der Waals surface area (Å²) in [7, 11) is 3.15. The highest BCUT2D eigenvalue weighted by Gasteiger charge is 2.25. The number of ether oxygens (including phenoxy) is 3. The minimum Gasteiger partial charge on any atom is -0.493 e. The molecule has 0 spiro atoms. The SMILES string of the molecule is CCC(c1ccccc1)N(C(=O)O)c1ccc(Oc2ccnc3cc(OC)c(OC)cc23)cc1. The first-order chi connectivity index (χ1) is 16.5. The van der Waals surface area contributed by atoms with E-state index in [0.717, 1.165) is 10.9 Å². The van der Waals surface area contributed by atoms with Crippen LogP contribution in [0.3, 0.4) is 0 Å². The van der Waals surface area contributed by atoms with E-state index in [9.17, 15) is 9.90 Å². The topological polar surface area (TPSA) is 81.1 Å². The van der Waals surface area contributed by atoms with Crippen LogP contribution in [0.2, 0.25) is 0 Å². The number of hydrogen-bond donors (Lipinski definition) is 1. The van der Waals surface area contributed by atoms with Gasteiger partial charge in [-0.2, -0.15) is 0 Å². The van der Waals surface area contributed by atoms with E-state index in [2.05, 4.69) is 4.98 Å². The summed E-state index contributed by atoms with van der Waals surface area (Å²) in [5, 5.41) is 10.7. The zero-order valence-electron chi connectivity index (χ0n) is 19.3. The van der Waals surface area contributed by atoms with Gasteiger partial charge in [-0.25, -0.2) is 4.79 Å². The van der Waals surface area contributed by atoms with Crippen LogP contribution < -0.4 is 19.1 Å². The summed E-state index contributed by atoms with van der Waals surface area (Å²) in [6, 6.07) is 21.8. The van der Waals surface area contributed by atoms with Crippen LogP contribution in [-0.2, 0) is 0 Å². The molecule has 1 heterocycles. The molecule has 0 saturated carbocycles. The van der Waals surface area contributed by atoms with E-state index < -0.39 is 6.09 Å². The molecule has 4 rings (SSSR count). The lowest BCUT2D eigenvalue weighted by Crippen LogP contribution is -2.33. The van der Waals surface area contributed by atoms with Crippen LogP contribution in [0.1, 0.15) is 24.9 Å². The summed E-state index contributed by atoms with van der Waals surface area (Å²) in [5.41, 5.74) is 2.22. The molecule has 0 saturated heterocycles. The van der Waals surface area contributed by atoms with Crippen LogP contribution in [-0.4, -0.2) is 30.4 Å². The third-order valence-corrected chi connectivity index (χ3v) is 5.64. The fourth-order valence-corrected chi connectivity index (χ4v) is 4.00. The molecule has 4 aromatic rings. The molecular formula is C27H26N2O5. The van der Waals surface area contributed by atoms with E-state index >= 15 is 0 Å². The number of pyridine rings is 1. The van der Waals surface area contributed by atoms with E-state index in [0.29, 0.717) is 40.6 Å². The molecule has 0 radical (unpaired) electrons. The smallest absolute Gasteiger partial charge is 0.412 e. The molecule has 0 aliphatic heterocycles. The number of carbonyl (C=O) groups is 1. The van der Waals surface area contributed by atoms with Crippen LogP contribution in [0.5, 0.6) is 23.0 Å². The van der Waals surface area contributed by atoms with Crippen molar-refractivity contribution in [2.45, 2.75) is 19.4 Å². The Morgan fingerprint density at radius 2 is 1.62 bits per heavy atom. The van der Waals surface area contributed by atoms with Gasteiger partial charge in [0.25, 0.3) is 0 Å². The van der Waals surface area contributed by atoms with Crippen molar-refractivity contribution in [3.8, 4) is 23.0 Å². The second kappa shape index (κ2) is 10.1. The van der Waals surface area contributed by atoms with Crippen LogP contribution in [0.25, 0.3) is 10.9 Å². The number of fused-ring (bicyclic) bond motifs is 1. The Labute approximate surface area is 198 Å². The molecule has 174 valence electrons. The van der Waals surface area contributed by atoms with Gasteiger partial charge in [0.2, 0.25) is 0 Å². The summed E-state index contributed by atoms with van der Waals surface area (Å²) >= 11 is 0. The fraction of sp³-hybridized carbons (Fsp3) is 0.185. The Hall–Kier alpha value is -4.26. The third kappa shape index (κ3) is 4.59. The van der Waals surface area contributed by atoms with Gasteiger partial charge in [-0.15, -0.1) is 0 Å². The molecule has 1 amide bonds. The van der Waals surface area contributed by atoms with E-state index in [1.807, 2.05) is 43.3 Å². The lowest BCUT2D eigenvalue weighted by atomic mass is 10.0. The highest BCUT2D eigenvalue weighted by molar-refractivity contribution is 5.89. The molecule has 0 aliphatic carbocycles. The standard InChI is InChI=1S/C27H26N2O5/c1-4-23(18-8-6-5-7-9-18)29(27(30)31)19-10-12-20(13-11-19)34-24-14-15-28-22-17-26(33-3)25(32-2)16-21(22)24/h5-17,23H,4H2,1-3H3,(H,30,31). The Balaban J connectivity index is 1.64. The van der Waals surface area contributed by atoms with Gasteiger partial charge in [-0.05, 0) is 48.4 Å². The van der Waals surface area contributed by atoms with Crippen molar-refractivity contribution in [2.75, 3.05) is 19.1 Å². The van der Waals surface area contributed by atoms with Gasteiger partial charge in [0, 0.05) is 23.3 Å². The predicted molar refractivity (Wildman–Crippen MR) is 131 cm³/mol. The highest BCUT2D eigenvalue weighted by atomic mass is 16.5. The molecule has 0 fully saturated rings. The maximum atomic E-state index is 12.2. The van der Waals surface area contributed by atoms with Crippen LogP contribution in [0.15, 0.2) is 79.0 Å². The van der Waals surface area contributed by atoms with Crippen molar-refractivity contribution in [1.29, 1.82) is 0 Å². The van der Waals surface area contributed by atoms with Gasteiger partial charge in [-0.3, -0.25) is 9.88 Å². The number of carboxylic acid groups (broad SMARTS) is 1. The molecule has 7 heteroatoms. The molecule has 1 unspecified atom stereocenters. The predicted octanol–water partition coefficient (Wildman–Crippen LogP) is 6.68. The number of aromatic nitrogens is 1. The summed E-state index contributed by atoms with van der Waals surface area (Å²) in [6.45, 7) is 1.98. The van der Waals surface area contributed by atoms with Crippen LogP contribution in [0.4, 0.5) is 10.5 Å². The van der Waals surface area contributed by atoms with E-state index in [-0.39, 0.29) is 6.04 Å². The van der Waals surface area contributed by atoms with Crippen molar-refractivity contribution in [2.24, 2.45) is 0 Å². The zero-order chi connectivity index (χ0) is 24.1. The number of nitrogens with zero attached hydrogens (tertiary/aromatic N) is 2. The maximum absolute atomic E-state index is 12.2. The third-order valence-electron chi connectivity index (χ3n) is 5.64. The second-order valence-corrected chi connectivity index (χ2v) is 7.62. The lowest BCUT2D eigenvalue weighted by molar-refractivity contribution is 0.198. The number of amides is 1. The fourth-order valence-electron chi connectivity index (χ4n) is 4.00. The van der Waals surface area contributed by atoms with Gasteiger partial charge in [-0.1, -0.05) is 37.3 Å². The van der Waals surface area contributed by atoms with Gasteiger partial charge in [0.15, 0.2) is 11.5 Å². The zero-order valence-corrected chi connectivity index (χ0v) is 19.3. The van der Waals surface area contributed by atoms with Crippen molar-refractivity contribution in [3.63, 3.8) is 0 Å². The van der Waals surface area contributed by atoms with Gasteiger partial charge in [0.1, 0.15) is 11.5 Å². The first kappa shape index (κ1) is 22.9. The van der Waals surface area contributed by atoms with Crippen molar-refractivity contribution < 1.29 is 24.1 Å². The number of anilines is 1. The minimum atomic E-state index is -1.01. The maximum Gasteiger partial charge on any atom is 0.412 e. The number of rotatable bonds is 8. The number of methoxy groups -OCH3 is 2. The summed E-state index contributed by atoms with van der Waals surface area (Å²) in [4.78, 5) is 18.0. The van der Waals surface area contributed by atoms with E-state index in [1.54, 1.807) is 56.8 Å². The van der Waals surface area contributed by atoms with Crippen LogP contribution in [0, 0.1) is 0 Å². The first-order valence-corrected chi connectivity index (χ1v) is 10.9. The average Bonchev–Trinajstić information content (AvgIpc) is 2.87. The van der Waals surface area contributed by atoms with E-state index in [4.69, 9.17) is 14.2 Å². The average molecular weight is 459 g/mol. The van der Waals surface area contributed by atoms with E-state index in [1.165, 1.54) is 4.90 Å². The monoisotopic (exact) mass is 458 g/mol. The summed E-state index contributed by atoms with van der Waals surface area (Å²) in [6.07, 6.45) is 1.30. The highest BCUT2D eigenvalue weighted by Crippen LogP contribution is 2.37. The normalized spacial score (nSPS) is 11.6. The summed E-state index contributed by atoms with van der Waals surface area (Å²) < 4.78 is 16.9. The van der Waals surface area contributed by atoms with Gasteiger partial charge < -0.3 is 19.3 Å². The Morgan fingerprint density at radius 1 is 0.941 bits per heavy atom. The molecule has 1 N–H and O–H groups in total. The molecule has 1 atom stereocenters. The molecule has 1 aromatic heterocycles. The largest absolute Gasteiger partial charge is 0.493 e. The Kier molecular flexibility index (Phi) is 6.82. The Bertz CT molecular complexity index is 1280. The molecular weight excluding hydrogens is 432 g/mol. The molecule has 7 nitrogen and oxygen atoms in total. The van der Waals surface area contributed by atoms with Gasteiger partial charge in [0.05, 0.1) is 25.8 Å². The lowest BCUT2D eigenvalue weighted by Gasteiger charge is -2.29. The van der Waals surface area contributed by atoms with Crippen molar-refractivity contribution in [1.82, 2.24) is 4.98 Å².